The Kier molecular flexibility index (Phi) is 14.5. The van der Waals surface area contributed by atoms with Crippen molar-refractivity contribution in [3.8, 4) is 0 Å². The fourth-order valence-electron chi connectivity index (χ4n) is 2.22. The van der Waals surface area contributed by atoms with E-state index in [9.17, 15) is 13.2 Å². The van der Waals surface area contributed by atoms with Crippen LogP contribution in [0.4, 0.5) is 0 Å². The van der Waals surface area contributed by atoms with Gasteiger partial charge in [-0.05, 0) is 13.3 Å². The normalized spacial score (nSPS) is 14.2. The SMILES string of the molecule is CCCCCCCCCCCC(=O)C(C)(CN)S(=O)(=O)O.[NaH]. The van der Waals surface area contributed by atoms with Gasteiger partial charge in [0, 0.05) is 13.0 Å². The molecule has 0 rings (SSSR count). The van der Waals surface area contributed by atoms with E-state index in [4.69, 9.17) is 10.3 Å². The van der Waals surface area contributed by atoms with Crippen molar-refractivity contribution in [1.29, 1.82) is 0 Å². The molecular formula is C15H32NNaO4S. The molecule has 0 radical (unpaired) electrons. The summed E-state index contributed by atoms with van der Waals surface area (Å²) < 4.78 is 29.7. The number of unbranched alkanes of at least 4 members (excludes halogenated alkanes) is 8. The van der Waals surface area contributed by atoms with Crippen molar-refractivity contribution in [3.63, 3.8) is 0 Å². The molecule has 0 saturated heterocycles. The molecule has 0 aromatic heterocycles. The van der Waals surface area contributed by atoms with E-state index in [1.807, 2.05) is 0 Å². The number of nitrogens with two attached hydrogens (primary N) is 1. The quantitative estimate of drug-likeness (QED) is 0.303. The third kappa shape index (κ3) is 8.99. The molecule has 0 fully saturated rings. The van der Waals surface area contributed by atoms with Gasteiger partial charge in [-0.15, -0.1) is 0 Å². The average molecular weight is 345 g/mol. The molecule has 0 saturated carbocycles. The molecule has 0 aromatic carbocycles. The van der Waals surface area contributed by atoms with Crippen LogP contribution in [-0.2, 0) is 14.9 Å². The molecule has 7 heteroatoms. The van der Waals surface area contributed by atoms with Gasteiger partial charge in [-0.25, -0.2) is 0 Å². The van der Waals surface area contributed by atoms with Gasteiger partial charge in [0.1, 0.15) is 0 Å². The van der Waals surface area contributed by atoms with Gasteiger partial charge in [-0.3, -0.25) is 9.35 Å². The number of carbonyl (C=O) groups is 1. The molecule has 0 aliphatic rings. The predicted molar refractivity (Wildman–Crippen MR) is 93.0 cm³/mol. The van der Waals surface area contributed by atoms with Crippen molar-refractivity contribution in [2.75, 3.05) is 6.54 Å². The van der Waals surface area contributed by atoms with Gasteiger partial charge in [0.15, 0.2) is 10.5 Å². The Morgan fingerprint density at radius 1 is 1.00 bits per heavy atom. The van der Waals surface area contributed by atoms with Crippen LogP contribution in [0, 0.1) is 0 Å². The van der Waals surface area contributed by atoms with E-state index in [0.29, 0.717) is 6.42 Å². The Morgan fingerprint density at radius 3 is 1.77 bits per heavy atom. The van der Waals surface area contributed by atoms with Crippen molar-refractivity contribution >= 4 is 45.5 Å². The second-order valence-corrected chi connectivity index (χ2v) is 7.76. The Bertz CT molecular complexity index is 400. The van der Waals surface area contributed by atoms with Crippen LogP contribution >= 0.6 is 0 Å². The van der Waals surface area contributed by atoms with Crippen molar-refractivity contribution in [1.82, 2.24) is 0 Å². The molecule has 0 heterocycles. The molecule has 22 heavy (non-hydrogen) atoms. The minimum absolute atomic E-state index is 0. The number of hydrogen-bond acceptors (Lipinski definition) is 4. The van der Waals surface area contributed by atoms with Crippen molar-refractivity contribution < 1.29 is 17.8 Å². The van der Waals surface area contributed by atoms with E-state index >= 15 is 0 Å². The van der Waals surface area contributed by atoms with Crippen LogP contribution in [0.15, 0.2) is 0 Å². The van der Waals surface area contributed by atoms with Gasteiger partial charge >= 0.3 is 29.6 Å². The molecule has 128 valence electrons. The summed E-state index contributed by atoms with van der Waals surface area (Å²) in [5.41, 5.74) is 5.34. The zero-order valence-corrected chi connectivity index (χ0v) is 14.3. The number of Topliss-reactive ketones (excluding diaryl/α,β-unsaturated/α-hetero) is 1. The molecule has 0 bridgehead atoms. The van der Waals surface area contributed by atoms with E-state index in [1.54, 1.807) is 0 Å². The van der Waals surface area contributed by atoms with Crippen LogP contribution in [0.25, 0.3) is 0 Å². The summed E-state index contributed by atoms with van der Waals surface area (Å²) >= 11 is 0. The van der Waals surface area contributed by atoms with E-state index in [1.165, 1.54) is 39.0 Å². The number of rotatable bonds is 13. The maximum absolute atomic E-state index is 11.9. The monoisotopic (exact) mass is 345 g/mol. The molecule has 0 aromatic rings. The minimum atomic E-state index is -4.45. The summed E-state index contributed by atoms with van der Waals surface area (Å²) in [7, 11) is -4.45. The number of carbonyl (C=O) groups excluding carboxylic acids is 1. The maximum atomic E-state index is 11.9. The first-order valence-corrected chi connectivity index (χ1v) is 9.44. The fourth-order valence-corrected chi connectivity index (χ4v) is 2.82. The van der Waals surface area contributed by atoms with Crippen LogP contribution in [0.1, 0.15) is 78.1 Å². The van der Waals surface area contributed by atoms with Gasteiger partial charge in [0.2, 0.25) is 0 Å². The zero-order chi connectivity index (χ0) is 16.4. The van der Waals surface area contributed by atoms with Crippen molar-refractivity contribution in [2.45, 2.75) is 82.8 Å². The van der Waals surface area contributed by atoms with E-state index < -0.39 is 20.6 Å². The van der Waals surface area contributed by atoms with E-state index in [-0.39, 0.29) is 42.5 Å². The molecule has 0 aliphatic heterocycles. The van der Waals surface area contributed by atoms with E-state index in [0.717, 1.165) is 19.3 Å². The Morgan fingerprint density at radius 2 is 1.41 bits per heavy atom. The summed E-state index contributed by atoms with van der Waals surface area (Å²) in [5.74, 6) is -0.490. The van der Waals surface area contributed by atoms with Crippen LogP contribution in [0.5, 0.6) is 0 Å². The van der Waals surface area contributed by atoms with Crippen molar-refractivity contribution in [2.24, 2.45) is 5.73 Å². The Labute approximate surface area is 157 Å². The summed E-state index contributed by atoms with van der Waals surface area (Å²) in [6.45, 7) is 3.00. The molecule has 0 aliphatic carbocycles. The molecule has 0 amide bonds. The Hall–Kier alpha value is 0.540. The fraction of sp³-hybridized carbons (Fsp3) is 0.933. The van der Waals surface area contributed by atoms with Gasteiger partial charge in [-0.1, -0.05) is 58.3 Å². The van der Waals surface area contributed by atoms with Crippen LogP contribution < -0.4 is 5.73 Å². The molecular weight excluding hydrogens is 313 g/mol. The summed E-state index contributed by atoms with van der Waals surface area (Å²) in [5, 5.41) is 0. The Balaban J connectivity index is 0. The van der Waals surface area contributed by atoms with Gasteiger partial charge < -0.3 is 5.73 Å². The van der Waals surface area contributed by atoms with Crippen LogP contribution in [-0.4, -0.2) is 59.6 Å². The second kappa shape index (κ2) is 12.9. The molecule has 1 atom stereocenters. The zero-order valence-electron chi connectivity index (χ0n) is 13.4. The van der Waals surface area contributed by atoms with Crippen LogP contribution in [0.2, 0.25) is 0 Å². The van der Waals surface area contributed by atoms with Gasteiger partial charge in [0.25, 0.3) is 10.1 Å². The first-order chi connectivity index (χ1) is 9.79. The predicted octanol–water partition coefficient (Wildman–Crippen LogP) is 2.43. The number of ketones is 1. The molecule has 1 unspecified atom stereocenters. The molecule has 0 spiro atoms. The first-order valence-electron chi connectivity index (χ1n) is 8.00. The first kappa shape index (κ1) is 24.8. The van der Waals surface area contributed by atoms with Gasteiger partial charge in [0.05, 0.1) is 0 Å². The van der Waals surface area contributed by atoms with Crippen LogP contribution in [0.3, 0.4) is 0 Å². The summed E-state index contributed by atoms with van der Waals surface area (Å²) in [6, 6.07) is 0. The van der Waals surface area contributed by atoms with Gasteiger partial charge in [-0.2, -0.15) is 8.42 Å². The topological polar surface area (TPSA) is 97.5 Å². The molecule has 3 N–H and O–H groups in total. The number of hydrogen-bond donors (Lipinski definition) is 2. The standard InChI is InChI=1S/C15H31NO4S.Na.H/c1-3-4-5-6-7-8-9-10-11-12-14(17)15(2,13-16)21(18,19)20;;/h3-13,16H2,1-2H3,(H,18,19,20);;. The summed E-state index contributed by atoms with van der Waals surface area (Å²) in [6.07, 6.45) is 10.2. The molecule has 5 nitrogen and oxygen atoms in total. The third-order valence-corrected chi connectivity index (χ3v) is 5.59. The second-order valence-electron chi connectivity index (χ2n) is 5.91. The average Bonchev–Trinajstić information content (AvgIpc) is 2.43. The van der Waals surface area contributed by atoms with E-state index in [2.05, 4.69) is 6.92 Å². The summed E-state index contributed by atoms with van der Waals surface area (Å²) in [4.78, 5) is 11.9. The van der Waals surface area contributed by atoms with Crippen molar-refractivity contribution in [3.05, 3.63) is 0 Å². The third-order valence-electron chi connectivity index (χ3n) is 4.06.